The largest absolute Gasteiger partial charge is 0.520 e. The van der Waals surface area contributed by atoms with Crippen LogP contribution < -0.4 is 5.32 Å². The summed E-state index contributed by atoms with van der Waals surface area (Å²) in [6, 6.07) is 0.130. The van der Waals surface area contributed by atoms with E-state index in [0.717, 1.165) is 0 Å². The highest BCUT2D eigenvalue weighted by Gasteiger charge is 2.39. The van der Waals surface area contributed by atoms with Crippen LogP contribution in [0.25, 0.3) is 0 Å². The van der Waals surface area contributed by atoms with Gasteiger partial charge in [-0.25, -0.2) is 4.79 Å². The summed E-state index contributed by atoms with van der Waals surface area (Å²) in [5.41, 5.74) is 0. The molecular weight excluding hydrogens is 252 g/mol. The zero-order valence-corrected chi connectivity index (χ0v) is 13.4. The molecule has 108 valence electrons. The summed E-state index contributed by atoms with van der Waals surface area (Å²) in [5, 5.41) is 2.81. The summed E-state index contributed by atoms with van der Waals surface area (Å²) in [6.45, 7) is 7.92. The summed E-state index contributed by atoms with van der Waals surface area (Å²) in [7, 11) is 1.81. The molecule has 0 aromatic heterocycles. The molecule has 0 saturated carbocycles. The van der Waals surface area contributed by atoms with Gasteiger partial charge in [-0.05, 0) is 27.7 Å². The van der Waals surface area contributed by atoms with Gasteiger partial charge in [0, 0.05) is 33.4 Å². The lowest BCUT2D eigenvalue weighted by molar-refractivity contribution is 0.119. The number of urea groups is 1. The van der Waals surface area contributed by atoms with Gasteiger partial charge >= 0.3 is 14.8 Å². The topological polar surface area (TPSA) is 60.0 Å². The predicted octanol–water partition coefficient (Wildman–Crippen LogP) is 1.23. The van der Waals surface area contributed by atoms with E-state index in [4.69, 9.17) is 13.3 Å². The molecule has 6 nitrogen and oxygen atoms in total. The van der Waals surface area contributed by atoms with Crippen LogP contribution in [0.3, 0.4) is 0 Å². The van der Waals surface area contributed by atoms with E-state index in [-0.39, 0.29) is 24.3 Å². The van der Waals surface area contributed by atoms with Crippen molar-refractivity contribution in [2.75, 3.05) is 27.5 Å². The Morgan fingerprint density at radius 3 is 1.72 bits per heavy atom. The van der Waals surface area contributed by atoms with Gasteiger partial charge in [0.15, 0.2) is 0 Å². The van der Waals surface area contributed by atoms with Gasteiger partial charge in [0.1, 0.15) is 0 Å². The second-order valence-electron chi connectivity index (χ2n) is 4.55. The molecule has 2 amide bonds. The Hall–Kier alpha value is -0.633. The van der Waals surface area contributed by atoms with Crippen LogP contribution in [0.15, 0.2) is 0 Å². The third-order valence-electron chi connectivity index (χ3n) is 2.74. The van der Waals surface area contributed by atoms with Crippen molar-refractivity contribution in [3.05, 3.63) is 0 Å². The maximum atomic E-state index is 12.1. The van der Waals surface area contributed by atoms with Gasteiger partial charge in [-0.2, -0.15) is 0 Å². The standard InChI is InChI=1S/C11H26N2O4Si/c1-9(2)13(10(3)4)11(14)12-8-18(15-5,16-6)17-7/h9-10H,8H2,1-7H3,(H,12,14). The van der Waals surface area contributed by atoms with Crippen LogP contribution >= 0.6 is 0 Å². The molecule has 0 fully saturated rings. The molecule has 18 heavy (non-hydrogen) atoms. The van der Waals surface area contributed by atoms with E-state index in [1.54, 1.807) is 4.90 Å². The molecule has 0 aliphatic heterocycles. The van der Waals surface area contributed by atoms with Gasteiger partial charge in [-0.1, -0.05) is 0 Å². The minimum atomic E-state index is -2.75. The first kappa shape index (κ1) is 17.4. The van der Waals surface area contributed by atoms with E-state index < -0.39 is 8.80 Å². The van der Waals surface area contributed by atoms with Crippen molar-refractivity contribution in [3.63, 3.8) is 0 Å². The smallest absolute Gasteiger partial charge is 0.376 e. The van der Waals surface area contributed by atoms with Crippen LogP contribution in [0, 0.1) is 0 Å². The molecule has 0 unspecified atom stereocenters. The van der Waals surface area contributed by atoms with E-state index >= 15 is 0 Å². The Labute approximate surface area is 111 Å². The van der Waals surface area contributed by atoms with Gasteiger partial charge in [-0.15, -0.1) is 0 Å². The Bertz CT molecular complexity index is 241. The van der Waals surface area contributed by atoms with Gasteiger partial charge < -0.3 is 23.5 Å². The van der Waals surface area contributed by atoms with Crippen molar-refractivity contribution in [3.8, 4) is 0 Å². The first-order chi connectivity index (χ1) is 8.33. The summed E-state index contributed by atoms with van der Waals surface area (Å²) < 4.78 is 15.7. The van der Waals surface area contributed by atoms with Crippen molar-refractivity contribution in [1.82, 2.24) is 10.2 Å². The number of nitrogens with zero attached hydrogens (tertiary/aromatic N) is 1. The molecular formula is C11H26N2O4Si. The van der Waals surface area contributed by atoms with Gasteiger partial charge in [0.05, 0.1) is 6.17 Å². The molecule has 0 bridgehead atoms. The van der Waals surface area contributed by atoms with E-state index in [9.17, 15) is 4.79 Å². The number of hydrogen-bond acceptors (Lipinski definition) is 4. The lowest BCUT2D eigenvalue weighted by Crippen LogP contribution is -2.57. The Morgan fingerprint density at radius 1 is 1.06 bits per heavy atom. The lowest BCUT2D eigenvalue weighted by Gasteiger charge is -2.32. The molecule has 0 aliphatic carbocycles. The number of carbonyl (C=O) groups is 1. The molecule has 1 N–H and O–H groups in total. The molecule has 0 atom stereocenters. The second kappa shape index (κ2) is 7.73. The second-order valence-corrected chi connectivity index (χ2v) is 7.49. The number of amides is 2. The minimum absolute atomic E-state index is 0.133. The van der Waals surface area contributed by atoms with Crippen LogP contribution in [-0.4, -0.2) is 59.3 Å². The fourth-order valence-electron chi connectivity index (χ4n) is 1.81. The average molecular weight is 278 g/mol. The van der Waals surface area contributed by atoms with Crippen molar-refractivity contribution in [2.45, 2.75) is 39.8 Å². The molecule has 0 saturated heterocycles. The van der Waals surface area contributed by atoms with E-state index in [1.165, 1.54) is 21.3 Å². The molecule has 0 aliphatic rings. The van der Waals surface area contributed by atoms with E-state index in [2.05, 4.69) is 5.32 Å². The molecule has 0 aromatic rings. The van der Waals surface area contributed by atoms with Gasteiger partial charge in [0.2, 0.25) is 0 Å². The number of rotatable bonds is 7. The van der Waals surface area contributed by atoms with Crippen LogP contribution in [0.2, 0.25) is 0 Å². The molecule has 0 rings (SSSR count). The maximum absolute atomic E-state index is 12.1. The monoisotopic (exact) mass is 278 g/mol. The summed E-state index contributed by atoms with van der Waals surface area (Å²) in [6.07, 6.45) is 0.255. The summed E-state index contributed by atoms with van der Waals surface area (Å²) in [4.78, 5) is 13.9. The van der Waals surface area contributed by atoms with Crippen LogP contribution in [-0.2, 0) is 13.3 Å². The fraction of sp³-hybridized carbons (Fsp3) is 0.909. The number of carbonyl (C=O) groups excluding carboxylic acids is 1. The molecule has 0 radical (unpaired) electrons. The number of nitrogens with one attached hydrogen (secondary N) is 1. The van der Waals surface area contributed by atoms with Crippen LogP contribution in [0.4, 0.5) is 4.79 Å². The highest BCUT2D eigenvalue weighted by Crippen LogP contribution is 2.07. The molecule has 7 heteroatoms. The number of hydrogen-bond donors (Lipinski definition) is 1. The first-order valence-electron chi connectivity index (χ1n) is 6.05. The van der Waals surface area contributed by atoms with E-state index in [0.29, 0.717) is 0 Å². The maximum Gasteiger partial charge on any atom is 0.520 e. The normalized spacial score (nSPS) is 12.1. The molecule has 0 spiro atoms. The molecule has 0 aromatic carbocycles. The zero-order valence-electron chi connectivity index (χ0n) is 12.4. The average Bonchev–Trinajstić information content (AvgIpc) is 2.30. The van der Waals surface area contributed by atoms with Gasteiger partial charge in [0.25, 0.3) is 0 Å². The third kappa shape index (κ3) is 4.56. The Balaban J connectivity index is 4.56. The zero-order chi connectivity index (χ0) is 14.3. The first-order valence-corrected chi connectivity index (χ1v) is 7.98. The SMILES string of the molecule is CO[Si](CNC(=O)N(C(C)C)C(C)C)(OC)OC. The fourth-order valence-corrected chi connectivity index (χ4v) is 3.11. The van der Waals surface area contributed by atoms with E-state index in [1.807, 2.05) is 27.7 Å². The van der Waals surface area contributed by atoms with Gasteiger partial charge in [-0.3, -0.25) is 0 Å². The Morgan fingerprint density at radius 2 is 1.44 bits per heavy atom. The quantitative estimate of drug-likeness (QED) is 0.712. The van der Waals surface area contributed by atoms with Crippen molar-refractivity contribution in [1.29, 1.82) is 0 Å². The van der Waals surface area contributed by atoms with Crippen LogP contribution in [0.5, 0.6) is 0 Å². The van der Waals surface area contributed by atoms with Crippen molar-refractivity contribution < 1.29 is 18.1 Å². The lowest BCUT2D eigenvalue weighted by atomic mass is 10.2. The molecule has 0 heterocycles. The highest BCUT2D eigenvalue weighted by molar-refractivity contribution is 6.61. The van der Waals surface area contributed by atoms with Crippen molar-refractivity contribution in [2.24, 2.45) is 0 Å². The Kier molecular flexibility index (Phi) is 7.45. The summed E-state index contributed by atoms with van der Waals surface area (Å²) >= 11 is 0. The minimum Gasteiger partial charge on any atom is -0.376 e. The van der Waals surface area contributed by atoms with Crippen LogP contribution in [0.1, 0.15) is 27.7 Å². The van der Waals surface area contributed by atoms with Crippen molar-refractivity contribution >= 4 is 14.8 Å². The predicted molar refractivity (Wildman–Crippen MR) is 72.3 cm³/mol. The summed E-state index contributed by atoms with van der Waals surface area (Å²) in [5.74, 6) is 0. The highest BCUT2D eigenvalue weighted by atomic mass is 28.4. The third-order valence-corrected chi connectivity index (χ3v) is 5.21.